The highest BCUT2D eigenvalue weighted by Gasteiger charge is 2.46. The summed E-state index contributed by atoms with van der Waals surface area (Å²) in [6.07, 6.45) is 4.20. The normalized spacial score (nSPS) is 21.5. The third-order valence-corrected chi connectivity index (χ3v) is 23.4. The average Bonchev–Trinajstić information content (AvgIpc) is 1.10. The van der Waals surface area contributed by atoms with E-state index >= 15 is 0 Å². The maximum Gasteiger partial charge on any atom is 0.338 e. The van der Waals surface area contributed by atoms with E-state index in [1.807, 2.05) is 4.90 Å². The van der Waals surface area contributed by atoms with Gasteiger partial charge in [0.1, 0.15) is 41.7 Å². The molecule has 4 unspecified atom stereocenters. The van der Waals surface area contributed by atoms with Crippen molar-refractivity contribution in [2.24, 2.45) is 15.0 Å². The second-order valence-corrected chi connectivity index (χ2v) is 33.2. The van der Waals surface area contributed by atoms with Gasteiger partial charge in [0, 0.05) is 154 Å². The number of nitrogens with one attached hydrogen (secondary N) is 3. The summed E-state index contributed by atoms with van der Waals surface area (Å²) in [5.74, 6) is -11.5. The lowest BCUT2D eigenvalue weighted by molar-refractivity contribution is -0.140. The van der Waals surface area contributed by atoms with Gasteiger partial charge in [-0.3, -0.25) is 58.8 Å². The molecule has 0 bridgehead atoms. The van der Waals surface area contributed by atoms with Crippen molar-refractivity contribution in [1.29, 1.82) is 0 Å². The van der Waals surface area contributed by atoms with Crippen LogP contribution >= 0.6 is 73.1 Å². The Bertz CT molecular complexity index is 4610. The number of halogens is 11. The molecule has 3 fully saturated rings. The highest BCUT2D eigenvalue weighted by Crippen LogP contribution is 2.43. The van der Waals surface area contributed by atoms with Crippen LogP contribution < -0.4 is 16.0 Å². The molecule has 6 aromatic rings. The Morgan fingerprint density at radius 3 is 1.16 bits per heavy atom. The quantitative estimate of drug-likeness (QED) is 0.0139. The van der Waals surface area contributed by atoms with E-state index < -0.39 is 115 Å². The summed E-state index contributed by atoms with van der Waals surface area (Å²) >= 11 is 20.1. The fraction of sp³-hybridized carbons (Fsp3) is 0.462. The zero-order valence-electron chi connectivity index (χ0n) is 65.3. The molecule has 3 aromatic heterocycles. The summed E-state index contributed by atoms with van der Waals surface area (Å²) in [6.45, 7) is 4.32. The number of nitrogens with zero attached hydrogens (tertiary/aromatic N) is 12. The summed E-state index contributed by atoms with van der Waals surface area (Å²) < 4.78 is 132. The van der Waals surface area contributed by atoms with Gasteiger partial charge in [-0.25, -0.2) is 64.5 Å². The van der Waals surface area contributed by atoms with Crippen molar-refractivity contribution in [2.45, 2.75) is 114 Å². The molecular weight excluding hydrogens is 1740 g/mol. The third-order valence-electron chi connectivity index (χ3n) is 19.8. The van der Waals surface area contributed by atoms with E-state index in [1.165, 1.54) is 81.4 Å². The van der Waals surface area contributed by atoms with Gasteiger partial charge in [-0.05, 0) is 110 Å². The van der Waals surface area contributed by atoms with Gasteiger partial charge in [0.05, 0.1) is 69.3 Å². The monoisotopic (exact) mass is 1820 g/mol. The molecule has 41 heteroatoms. The number of piperidine rings is 3. The predicted octanol–water partition coefficient (Wildman–Crippen LogP) is 11.7. The highest BCUT2D eigenvalue weighted by molar-refractivity contribution is 9.10. The second-order valence-electron chi connectivity index (χ2n) is 28.8. The molecule has 0 radical (unpaired) electrons. The van der Waals surface area contributed by atoms with Gasteiger partial charge < -0.3 is 45.5 Å². The number of alkyl halides is 5. The highest BCUT2D eigenvalue weighted by atomic mass is 79.9. The van der Waals surface area contributed by atoms with Crippen LogP contribution in [0.25, 0.3) is 0 Å². The number of thiazole rings is 3. The van der Waals surface area contributed by atoms with Crippen LogP contribution in [-0.2, 0) is 43.0 Å². The zero-order valence-corrected chi connectivity index (χ0v) is 70.9. The molecule has 6 aliphatic rings. The summed E-state index contributed by atoms with van der Waals surface area (Å²) in [4.78, 5) is 111. The Balaban J connectivity index is 0.000000188. The summed E-state index contributed by atoms with van der Waals surface area (Å²) in [5.41, 5.74) is 2.61. The second kappa shape index (κ2) is 42.2. The number of likely N-dealkylation sites (tertiary alicyclic amines) is 3. The van der Waals surface area contributed by atoms with Crippen molar-refractivity contribution in [3.8, 4) is 0 Å². The fourth-order valence-electron chi connectivity index (χ4n) is 14.6. The summed E-state index contributed by atoms with van der Waals surface area (Å²) in [5, 5.41) is 44.0. The summed E-state index contributed by atoms with van der Waals surface area (Å²) in [7, 11) is 4.94. The van der Waals surface area contributed by atoms with Gasteiger partial charge >= 0.3 is 35.8 Å². The molecule has 6 N–H and O–H groups in total. The molecule has 27 nitrogen and oxygen atoms in total. The number of hydrogen-bond acceptors (Lipinski definition) is 27. The number of carbonyl (C=O) groups excluding carboxylic acids is 3. The Morgan fingerprint density at radius 1 is 0.513 bits per heavy atom. The van der Waals surface area contributed by atoms with Gasteiger partial charge in [-0.15, -0.1) is 34.0 Å². The lowest BCUT2D eigenvalue weighted by Gasteiger charge is -2.42. The molecule has 0 amide bonds. The van der Waals surface area contributed by atoms with Crippen LogP contribution in [0.3, 0.4) is 0 Å². The molecular formula is C78H88BrCl2F8N15O12S3. The molecule has 9 heterocycles. The molecule has 3 aromatic carbocycles. The van der Waals surface area contributed by atoms with Crippen LogP contribution in [0.5, 0.6) is 0 Å². The SMILES string of the molecule is CCOC(=O)C1=C(CN2CC(F)(F)CCC2CN(C)CC(=O)O)NC(c2nccs2)=N[C@H]1c1ccc(F)cc1Br.CCOC(=O)C1=C(CN2CC(F)(F)CCC2CN(C)CC(=O)O)NC(c2nccs2)=N[C@H]1c1ccc(F)cc1Cl.CCOC(=O)C1=C(CN2CC(F)CCC2CN(C)CC(=O)O)NC(c2nccs2)=N[C@H]1c1ccc(F)cc1Cl. The Labute approximate surface area is 710 Å². The number of benzene rings is 3. The smallest absolute Gasteiger partial charge is 0.338 e. The topological polar surface area (TPSA) is 322 Å². The molecule has 642 valence electrons. The van der Waals surface area contributed by atoms with E-state index in [4.69, 9.17) is 52.5 Å². The number of carboxylic acid groups (broad SMARTS) is 3. The van der Waals surface area contributed by atoms with Gasteiger partial charge in [0.2, 0.25) is 0 Å². The minimum absolute atomic E-state index is 0.0352. The van der Waals surface area contributed by atoms with Crippen LogP contribution in [0, 0.1) is 17.5 Å². The zero-order chi connectivity index (χ0) is 86.2. The van der Waals surface area contributed by atoms with Crippen LogP contribution in [0.4, 0.5) is 35.1 Å². The molecule has 6 aliphatic heterocycles. The minimum atomic E-state index is -2.98. The lowest BCUT2D eigenvalue weighted by Crippen LogP contribution is -2.54. The number of rotatable bonds is 30. The van der Waals surface area contributed by atoms with E-state index in [0.29, 0.717) is 84.5 Å². The standard InChI is InChI=1S/C26H29BrF3N5O4S.C26H29ClF3N5O4S.C26H30ClF2N5O4S/c2*1-3-39-25(38)21-19(12-35-14-26(29,30)7-6-16(35)11-34(2)13-20(36)37)32-23(24-31-8-9-40-24)33-22(21)17-5-4-15(28)10-18(17)27;1-3-38-26(37)22-20(13-34-11-16(29)4-6-17(34)12-33(2)14-21(35)36)31-24(25-30-8-9-39-25)32-23(22)18-7-5-15(28)10-19(18)27/h2*4-5,8-10,16,22H,3,6-7,11-14H2,1-2H3,(H,32,33)(H,36,37);5,7-10,16-17,23H,3-4,6,11-14H2,1-2H3,(H,31,32)(H,35,36)/t2*16?,22-;16?,17?,23-/m000/s1. The molecule has 12 rings (SSSR count). The molecule has 3 saturated heterocycles. The third kappa shape index (κ3) is 25.2. The van der Waals surface area contributed by atoms with E-state index in [9.17, 15) is 74.1 Å². The summed E-state index contributed by atoms with van der Waals surface area (Å²) in [6, 6.07) is 7.77. The van der Waals surface area contributed by atoms with E-state index in [0.717, 1.165) is 12.1 Å². The van der Waals surface area contributed by atoms with Crippen molar-refractivity contribution in [1.82, 2.24) is 60.3 Å². The molecule has 0 aliphatic carbocycles. The van der Waals surface area contributed by atoms with Gasteiger partial charge in [-0.2, -0.15) is 0 Å². The first kappa shape index (κ1) is 92.5. The molecule has 0 spiro atoms. The largest absolute Gasteiger partial charge is 0.480 e. The number of likely N-dealkylation sites (N-methyl/N-ethyl adjacent to an activating group) is 3. The lowest BCUT2D eigenvalue weighted by atomic mass is 9.93. The average molecular weight is 1830 g/mol. The molecule has 119 heavy (non-hydrogen) atoms. The number of carboxylic acids is 3. The van der Waals surface area contributed by atoms with Gasteiger partial charge in [-0.1, -0.05) is 57.3 Å². The number of ether oxygens (including phenoxy) is 3. The number of esters is 3. The van der Waals surface area contributed by atoms with Crippen molar-refractivity contribution in [3.05, 3.63) is 187 Å². The molecule has 7 atom stereocenters. The number of carbonyl (C=O) groups is 6. The first-order valence-electron chi connectivity index (χ1n) is 37.7. The fourth-order valence-corrected chi connectivity index (χ4v) is 17.5. The van der Waals surface area contributed by atoms with Gasteiger partial charge in [0.25, 0.3) is 11.8 Å². The number of aliphatic imine (C=N–C) groups is 3. The van der Waals surface area contributed by atoms with Crippen LogP contribution in [0.15, 0.2) is 143 Å². The number of amidine groups is 3. The first-order valence-corrected chi connectivity index (χ1v) is 41.9. The van der Waals surface area contributed by atoms with Crippen molar-refractivity contribution in [3.63, 3.8) is 0 Å². The number of hydrogen-bond donors (Lipinski definition) is 6. The molecule has 0 saturated carbocycles. The van der Waals surface area contributed by atoms with Crippen molar-refractivity contribution >= 4 is 126 Å². The number of aromatic nitrogens is 3. The maximum atomic E-state index is 14.7. The number of aliphatic carboxylic acids is 3. The van der Waals surface area contributed by atoms with Crippen LogP contribution in [-0.4, -0.2) is 269 Å². The van der Waals surface area contributed by atoms with Crippen molar-refractivity contribution in [2.75, 3.05) is 120 Å². The Kier molecular flexibility index (Phi) is 32.8. The minimum Gasteiger partial charge on any atom is -0.480 e. The van der Waals surface area contributed by atoms with Crippen molar-refractivity contribution < 1.29 is 93.4 Å². The van der Waals surface area contributed by atoms with E-state index in [-0.39, 0.29) is 143 Å². The Hall–Kier alpha value is -8.74. The first-order chi connectivity index (χ1) is 56.6. The van der Waals surface area contributed by atoms with Gasteiger partial charge in [0.15, 0.2) is 32.5 Å². The van der Waals surface area contributed by atoms with E-state index in [1.54, 1.807) is 96.2 Å². The Morgan fingerprint density at radius 2 is 0.840 bits per heavy atom. The maximum absolute atomic E-state index is 14.7. The van der Waals surface area contributed by atoms with E-state index in [2.05, 4.69) is 51.8 Å². The predicted molar refractivity (Wildman–Crippen MR) is 435 cm³/mol. The van der Waals surface area contributed by atoms with Crippen LogP contribution in [0.1, 0.15) is 109 Å². The van der Waals surface area contributed by atoms with Crippen LogP contribution in [0.2, 0.25) is 10.0 Å².